The fourth-order valence-electron chi connectivity index (χ4n) is 4.32. The van der Waals surface area contributed by atoms with Gasteiger partial charge in [0.25, 0.3) is 11.8 Å². The molecule has 0 saturated heterocycles. The number of fused-ring (bicyclic) bond motifs is 3. The number of benzene rings is 2. The van der Waals surface area contributed by atoms with Crippen molar-refractivity contribution in [1.82, 2.24) is 25.2 Å². The molecule has 0 aliphatic rings. The standard InChI is InChI=1S/C30H28F2N6O3/c1-17(2)38-18(3)37-26-16-35-25-10-8-19(12-21(25)28(26)38)6-5-11-34-29(39)22(14-27(33)41-4)30(40)36-15-20-7-9-23(31)24(32)13-20/h7-10,12-14,16-17,33H,11,15H2,1-4H3,(H,34,39)(H,36,40)/b22-14-,33-27?. The van der Waals surface area contributed by atoms with Crippen molar-refractivity contribution in [2.24, 2.45) is 0 Å². The van der Waals surface area contributed by atoms with Gasteiger partial charge in [-0.25, -0.2) is 13.8 Å². The molecule has 0 radical (unpaired) electrons. The third-order valence-electron chi connectivity index (χ3n) is 6.20. The van der Waals surface area contributed by atoms with Crippen LogP contribution in [0.4, 0.5) is 8.78 Å². The second-order valence-electron chi connectivity index (χ2n) is 9.39. The molecule has 0 aliphatic carbocycles. The number of hydrogen-bond acceptors (Lipinski definition) is 6. The predicted molar refractivity (Wildman–Crippen MR) is 151 cm³/mol. The van der Waals surface area contributed by atoms with Gasteiger partial charge in [0.2, 0.25) is 5.90 Å². The summed E-state index contributed by atoms with van der Waals surface area (Å²) in [7, 11) is 1.22. The maximum absolute atomic E-state index is 13.5. The molecule has 0 bridgehead atoms. The van der Waals surface area contributed by atoms with E-state index in [2.05, 4.69) is 50.9 Å². The summed E-state index contributed by atoms with van der Waals surface area (Å²) in [6, 6.07) is 9.02. The van der Waals surface area contributed by atoms with Gasteiger partial charge in [-0.15, -0.1) is 0 Å². The Labute approximate surface area is 235 Å². The van der Waals surface area contributed by atoms with E-state index in [4.69, 9.17) is 10.1 Å². The summed E-state index contributed by atoms with van der Waals surface area (Å²) in [5, 5.41) is 13.6. The van der Waals surface area contributed by atoms with E-state index in [0.29, 0.717) is 11.1 Å². The van der Waals surface area contributed by atoms with Crippen molar-refractivity contribution in [3.63, 3.8) is 0 Å². The van der Waals surface area contributed by atoms with Gasteiger partial charge in [-0.1, -0.05) is 17.9 Å². The number of nitrogens with one attached hydrogen (secondary N) is 3. The molecular weight excluding hydrogens is 530 g/mol. The van der Waals surface area contributed by atoms with Crippen LogP contribution in [0.1, 0.15) is 36.8 Å². The topological polar surface area (TPSA) is 122 Å². The lowest BCUT2D eigenvalue weighted by Gasteiger charge is -2.12. The normalized spacial score (nSPS) is 11.3. The van der Waals surface area contributed by atoms with E-state index in [1.165, 1.54) is 13.2 Å². The molecule has 41 heavy (non-hydrogen) atoms. The molecule has 2 heterocycles. The number of hydrogen-bond donors (Lipinski definition) is 3. The van der Waals surface area contributed by atoms with E-state index in [0.717, 1.165) is 46.0 Å². The van der Waals surface area contributed by atoms with Gasteiger partial charge in [0.15, 0.2) is 11.6 Å². The summed E-state index contributed by atoms with van der Waals surface area (Å²) in [4.78, 5) is 34.6. The zero-order valence-corrected chi connectivity index (χ0v) is 22.9. The van der Waals surface area contributed by atoms with E-state index in [1.54, 1.807) is 6.20 Å². The first-order valence-corrected chi connectivity index (χ1v) is 12.7. The summed E-state index contributed by atoms with van der Waals surface area (Å²) in [5.41, 5.74) is 3.17. The second kappa shape index (κ2) is 12.4. The molecule has 2 aromatic heterocycles. The Balaban J connectivity index is 1.48. The lowest BCUT2D eigenvalue weighted by molar-refractivity contribution is -0.123. The smallest absolute Gasteiger partial charge is 0.257 e. The maximum atomic E-state index is 13.5. The van der Waals surface area contributed by atoms with Gasteiger partial charge >= 0.3 is 0 Å². The van der Waals surface area contributed by atoms with Crippen LogP contribution >= 0.6 is 0 Å². The highest BCUT2D eigenvalue weighted by molar-refractivity contribution is 6.21. The number of amides is 2. The number of carbonyl (C=O) groups is 2. The van der Waals surface area contributed by atoms with Crippen molar-refractivity contribution in [2.45, 2.75) is 33.4 Å². The van der Waals surface area contributed by atoms with Crippen molar-refractivity contribution >= 4 is 39.6 Å². The number of ether oxygens (including phenoxy) is 1. The monoisotopic (exact) mass is 558 g/mol. The second-order valence-corrected chi connectivity index (χ2v) is 9.39. The molecular formula is C30H28F2N6O3. The van der Waals surface area contributed by atoms with Gasteiger partial charge < -0.3 is 19.9 Å². The maximum Gasteiger partial charge on any atom is 0.257 e. The molecule has 0 aliphatic heterocycles. The van der Waals surface area contributed by atoms with Gasteiger partial charge in [0.1, 0.15) is 16.9 Å². The van der Waals surface area contributed by atoms with E-state index in [9.17, 15) is 18.4 Å². The molecule has 0 atom stereocenters. The van der Waals surface area contributed by atoms with Crippen molar-refractivity contribution in [3.05, 3.63) is 82.8 Å². The highest BCUT2D eigenvalue weighted by atomic mass is 19.2. The Kier molecular flexibility index (Phi) is 8.72. The fraction of sp³-hybridized carbons (Fsp3) is 0.233. The summed E-state index contributed by atoms with van der Waals surface area (Å²) in [5.74, 6) is 2.67. The lowest BCUT2D eigenvalue weighted by Crippen LogP contribution is -2.35. The van der Waals surface area contributed by atoms with Crippen molar-refractivity contribution < 1.29 is 23.1 Å². The number of halogens is 2. The molecule has 0 saturated carbocycles. The molecule has 210 valence electrons. The first-order valence-electron chi connectivity index (χ1n) is 12.7. The molecule has 0 fully saturated rings. The van der Waals surface area contributed by atoms with Crippen LogP contribution in [-0.2, 0) is 20.9 Å². The van der Waals surface area contributed by atoms with Crippen LogP contribution in [0.5, 0.6) is 0 Å². The van der Waals surface area contributed by atoms with Crippen LogP contribution < -0.4 is 10.6 Å². The van der Waals surface area contributed by atoms with E-state index in [1.807, 2.05) is 25.1 Å². The fourth-order valence-corrected chi connectivity index (χ4v) is 4.32. The average molecular weight is 559 g/mol. The number of methoxy groups -OCH3 is 1. The van der Waals surface area contributed by atoms with Crippen LogP contribution in [0.3, 0.4) is 0 Å². The number of aryl methyl sites for hydroxylation is 1. The molecule has 2 amide bonds. The largest absolute Gasteiger partial charge is 0.481 e. The molecule has 4 rings (SSSR count). The summed E-state index contributed by atoms with van der Waals surface area (Å²) in [6.07, 6.45) is 2.72. The number of imidazole rings is 1. The highest BCUT2D eigenvalue weighted by Crippen LogP contribution is 2.28. The van der Waals surface area contributed by atoms with E-state index >= 15 is 0 Å². The number of pyridine rings is 1. The average Bonchev–Trinajstić information content (AvgIpc) is 3.30. The molecule has 11 heteroatoms. The van der Waals surface area contributed by atoms with E-state index in [-0.39, 0.29) is 19.1 Å². The Hall–Kier alpha value is -5.11. The Bertz CT molecular complexity index is 1760. The van der Waals surface area contributed by atoms with Gasteiger partial charge in [-0.05, 0) is 56.7 Å². The van der Waals surface area contributed by atoms with Crippen LogP contribution in [0.25, 0.3) is 21.9 Å². The summed E-state index contributed by atoms with van der Waals surface area (Å²) < 4.78 is 33.6. The molecule has 3 N–H and O–H groups in total. The van der Waals surface area contributed by atoms with Crippen molar-refractivity contribution in [1.29, 1.82) is 5.41 Å². The number of carbonyl (C=O) groups excluding carboxylic acids is 2. The minimum Gasteiger partial charge on any atom is -0.481 e. The minimum absolute atomic E-state index is 0.0868. The van der Waals surface area contributed by atoms with Gasteiger partial charge in [0, 0.05) is 29.6 Å². The Morgan fingerprint density at radius 2 is 1.85 bits per heavy atom. The first kappa shape index (κ1) is 28.9. The van der Waals surface area contributed by atoms with Crippen molar-refractivity contribution in [3.8, 4) is 11.8 Å². The first-order chi connectivity index (χ1) is 19.6. The number of aromatic nitrogens is 3. The quantitative estimate of drug-likeness (QED) is 0.0788. The molecule has 0 spiro atoms. The molecule has 9 nitrogen and oxygen atoms in total. The van der Waals surface area contributed by atoms with Crippen LogP contribution in [0, 0.1) is 35.8 Å². The molecule has 4 aromatic rings. The zero-order valence-electron chi connectivity index (χ0n) is 22.9. The summed E-state index contributed by atoms with van der Waals surface area (Å²) >= 11 is 0. The lowest BCUT2D eigenvalue weighted by atomic mass is 10.1. The summed E-state index contributed by atoms with van der Waals surface area (Å²) in [6.45, 7) is 5.88. The molecule has 2 aromatic carbocycles. The van der Waals surface area contributed by atoms with Crippen LogP contribution in [-0.4, -0.2) is 45.9 Å². The molecule has 0 unspecified atom stereocenters. The van der Waals surface area contributed by atoms with Crippen LogP contribution in [0.15, 0.2) is 54.2 Å². The highest BCUT2D eigenvalue weighted by Gasteiger charge is 2.19. The van der Waals surface area contributed by atoms with Gasteiger partial charge in [0.05, 0.1) is 30.9 Å². The van der Waals surface area contributed by atoms with Crippen molar-refractivity contribution in [2.75, 3.05) is 13.7 Å². The zero-order chi connectivity index (χ0) is 29.7. The van der Waals surface area contributed by atoms with Gasteiger partial charge in [-0.3, -0.25) is 20.0 Å². The number of nitrogens with zero attached hydrogens (tertiary/aromatic N) is 3. The third-order valence-corrected chi connectivity index (χ3v) is 6.20. The van der Waals surface area contributed by atoms with E-state index < -0.39 is 34.9 Å². The van der Waals surface area contributed by atoms with Crippen LogP contribution in [0.2, 0.25) is 0 Å². The minimum atomic E-state index is -1.06. The SMILES string of the molecule is COC(=N)/C=C(/C(=O)NCC#Cc1ccc2ncc3nc(C)n(C(C)C)c3c2c1)C(=O)NCc1ccc(F)c(F)c1. The van der Waals surface area contributed by atoms with Gasteiger partial charge in [-0.2, -0.15) is 0 Å². The number of rotatable bonds is 7. The Morgan fingerprint density at radius 3 is 2.56 bits per heavy atom. The predicted octanol–water partition coefficient (Wildman–Crippen LogP) is 4.09. The Morgan fingerprint density at radius 1 is 1.10 bits per heavy atom. The third kappa shape index (κ3) is 6.55.